The number of halogens is 3. The molecular weight excluding hydrogens is 325 g/mol. The maximum absolute atomic E-state index is 13.0. The minimum atomic E-state index is -4.53. The van der Waals surface area contributed by atoms with E-state index in [1.807, 2.05) is 0 Å². The van der Waals surface area contributed by atoms with Gasteiger partial charge >= 0.3 is 6.18 Å². The predicted molar refractivity (Wildman–Crippen MR) is 81.0 cm³/mol. The third-order valence-corrected chi connectivity index (χ3v) is 3.56. The highest BCUT2D eigenvalue weighted by Gasteiger charge is 2.31. The van der Waals surface area contributed by atoms with E-state index in [0.717, 1.165) is 18.5 Å². The highest BCUT2D eigenvalue weighted by atomic mass is 19.4. The minimum Gasteiger partial charge on any atom is -0.506 e. The van der Waals surface area contributed by atoms with Gasteiger partial charge in [-0.2, -0.15) is 13.2 Å². The molecule has 3 aromatic rings. The molecule has 0 aliphatic carbocycles. The molecule has 0 bridgehead atoms. The van der Waals surface area contributed by atoms with Gasteiger partial charge in [0.15, 0.2) is 0 Å². The van der Waals surface area contributed by atoms with E-state index >= 15 is 0 Å². The fraction of sp³-hybridized carbons (Fsp3) is 0.125. The average Bonchev–Trinajstić information content (AvgIpc) is 2.54. The van der Waals surface area contributed by atoms with Crippen LogP contribution in [-0.4, -0.2) is 22.2 Å². The van der Waals surface area contributed by atoms with Crippen molar-refractivity contribution >= 4 is 10.9 Å². The number of aromatic amines is 1. The van der Waals surface area contributed by atoms with Crippen LogP contribution in [0.1, 0.15) is 5.56 Å². The Bertz CT molecular complexity index is 980. The number of alkyl halides is 3. The van der Waals surface area contributed by atoms with Crippen molar-refractivity contribution in [2.45, 2.75) is 6.18 Å². The van der Waals surface area contributed by atoms with Gasteiger partial charge in [-0.3, -0.25) is 4.79 Å². The fourth-order valence-electron chi connectivity index (χ4n) is 2.43. The summed E-state index contributed by atoms with van der Waals surface area (Å²) in [5, 5.41) is 10.1. The number of hydrogen-bond donors (Lipinski definition) is 2. The summed E-state index contributed by atoms with van der Waals surface area (Å²) in [6.07, 6.45) is -3.39. The van der Waals surface area contributed by atoms with Crippen LogP contribution in [0.15, 0.2) is 41.5 Å². The summed E-state index contributed by atoms with van der Waals surface area (Å²) in [5.41, 5.74) is -0.997. The number of fused-ring (bicyclic) bond motifs is 1. The smallest absolute Gasteiger partial charge is 0.416 e. The van der Waals surface area contributed by atoms with Crippen molar-refractivity contribution in [2.75, 3.05) is 7.11 Å². The van der Waals surface area contributed by atoms with Crippen molar-refractivity contribution < 1.29 is 23.0 Å². The lowest BCUT2D eigenvalue weighted by Gasteiger charge is -2.13. The number of aromatic nitrogens is 2. The quantitative estimate of drug-likeness (QED) is 0.753. The van der Waals surface area contributed by atoms with Gasteiger partial charge in [-0.05, 0) is 35.9 Å². The van der Waals surface area contributed by atoms with Crippen molar-refractivity contribution in [1.82, 2.24) is 9.97 Å². The van der Waals surface area contributed by atoms with Crippen LogP contribution in [-0.2, 0) is 6.18 Å². The van der Waals surface area contributed by atoms with Crippen LogP contribution in [0.3, 0.4) is 0 Å². The standard InChI is InChI=1S/C16H11F3N2O3/c1-24-13-3-2-9(16(17,18)19)6-10(13)8-4-11-14(12(22)5-8)20-7-21-15(11)23/h2-7,22H,1H3,(H,20,21,23). The van der Waals surface area contributed by atoms with Crippen molar-refractivity contribution in [1.29, 1.82) is 0 Å². The lowest BCUT2D eigenvalue weighted by Crippen LogP contribution is -2.07. The van der Waals surface area contributed by atoms with Crippen molar-refractivity contribution in [3.05, 3.63) is 52.6 Å². The molecule has 5 nitrogen and oxygen atoms in total. The van der Waals surface area contributed by atoms with E-state index in [-0.39, 0.29) is 33.5 Å². The zero-order valence-electron chi connectivity index (χ0n) is 12.3. The van der Waals surface area contributed by atoms with Crippen LogP contribution in [0.2, 0.25) is 0 Å². The molecule has 0 aliphatic heterocycles. The molecule has 24 heavy (non-hydrogen) atoms. The number of ether oxygens (including phenoxy) is 1. The molecule has 0 spiro atoms. The summed E-state index contributed by atoms with van der Waals surface area (Å²) in [5.74, 6) is -0.130. The molecule has 0 amide bonds. The predicted octanol–water partition coefficient (Wildman–Crippen LogP) is 3.32. The summed E-state index contributed by atoms with van der Waals surface area (Å²) < 4.78 is 44.0. The molecule has 2 N–H and O–H groups in total. The molecule has 124 valence electrons. The second kappa shape index (κ2) is 5.55. The molecule has 2 aromatic carbocycles. The third kappa shape index (κ3) is 2.66. The minimum absolute atomic E-state index is 0.0620. The van der Waals surface area contributed by atoms with Gasteiger partial charge in [-0.25, -0.2) is 4.98 Å². The lowest BCUT2D eigenvalue weighted by molar-refractivity contribution is -0.137. The SMILES string of the molecule is COc1ccc(C(F)(F)F)cc1-c1cc(O)c2nc[nH]c(=O)c2c1. The first-order chi connectivity index (χ1) is 11.3. The Hall–Kier alpha value is -3.03. The number of nitrogens with zero attached hydrogens (tertiary/aromatic N) is 1. The van der Waals surface area contributed by atoms with Gasteiger partial charge in [0.05, 0.1) is 24.4 Å². The molecule has 8 heteroatoms. The Labute approximate surface area is 133 Å². The Morgan fingerprint density at radius 1 is 1.21 bits per heavy atom. The zero-order chi connectivity index (χ0) is 17.5. The number of methoxy groups -OCH3 is 1. The van der Waals surface area contributed by atoms with Gasteiger partial charge in [-0.15, -0.1) is 0 Å². The number of nitrogens with one attached hydrogen (secondary N) is 1. The fourth-order valence-corrected chi connectivity index (χ4v) is 2.43. The first-order valence-electron chi connectivity index (χ1n) is 6.77. The number of rotatable bonds is 2. The number of phenols is 1. The van der Waals surface area contributed by atoms with E-state index in [1.54, 1.807) is 0 Å². The lowest BCUT2D eigenvalue weighted by atomic mass is 9.99. The summed E-state index contributed by atoms with van der Waals surface area (Å²) >= 11 is 0. The summed E-state index contributed by atoms with van der Waals surface area (Å²) in [4.78, 5) is 18.1. The second-order valence-electron chi connectivity index (χ2n) is 5.04. The molecule has 1 heterocycles. The number of H-pyrrole nitrogens is 1. The molecule has 0 atom stereocenters. The second-order valence-corrected chi connectivity index (χ2v) is 5.04. The number of aromatic hydroxyl groups is 1. The van der Waals surface area contributed by atoms with Crippen LogP contribution in [0, 0.1) is 0 Å². The zero-order valence-corrected chi connectivity index (χ0v) is 12.3. The molecule has 3 rings (SSSR count). The highest BCUT2D eigenvalue weighted by Crippen LogP contribution is 2.39. The third-order valence-electron chi connectivity index (χ3n) is 3.56. The van der Waals surface area contributed by atoms with Gasteiger partial charge in [0, 0.05) is 5.56 Å². The van der Waals surface area contributed by atoms with E-state index in [0.29, 0.717) is 0 Å². The summed E-state index contributed by atoms with van der Waals surface area (Å²) in [6.45, 7) is 0. The first kappa shape index (κ1) is 15.9. The monoisotopic (exact) mass is 336 g/mol. The van der Waals surface area contributed by atoms with Crippen molar-refractivity contribution in [3.63, 3.8) is 0 Å². The van der Waals surface area contributed by atoms with Gasteiger partial charge in [-0.1, -0.05) is 0 Å². The van der Waals surface area contributed by atoms with E-state index in [9.17, 15) is 23.1 Å². The van der Waals surface area contributed by atoms with Gasteiger partial charge < -0.3 is 14.8 Å². The Morgan fingerprint density at radius 3 is 2.62 bits per heavy atom. The average molecular weight is 336 g/mol. The Morgan fingerprint density at radius 2 is 1.96 bits per heavy atom. The van der Waals surface area contributed by atoms with E-state index in [1.165, 1.54) is 25.3 Å². The van der Waals surface area contributed by atoms with Crippen LogP contribution in [0.4, 0.5) is 13.2 Å². The largest absolute Gasteiger partial charge is 0.506 e. The molecule has 0 fully saturated rings. The summed E-state index contributed by atoms with van der Waals surface area (Å²) in [7, 11) is 1.32. The van der Waals surface area contributed by atoms with Crippen molar-refractivity contribution in [2.24, 2.45) is 0 Å². The first-order valence-corrected chi connectivity index (χ1v) is 6.77. The Balaban J connectivity index is 2.30. The van der Waals surface area contributed by atoms with Crippen molar-refractivity contribution in [3.8, 4) is 22.6 Å². The number of hydrogen-bond acceptors (Lipinski definition) is 4. The molecule has 0 unspecified atom stereocenters. The maximum atomic E-state index is 13.0. The van der Waals surface area contributed by atoms with Crippen LogP contribution in [0.25, 0.3) is 22.0 Å². The van der Waals surface area contributed by atoms with Crippen LogP contribution >= 0.6 is 0 Å². The molecular formula is C16H11F3N2O3. The Kier molecular flexibility index (Phi) is 3.67. The van der Waals surface area contributed by atoms with Gasteiger partial charge in [0.1, 0.15) is 17.0 Å². The van der Waals surface area contributed by atoms with Crippen LogP contribution in [0.5, 0.6) is 11.5 Å². The highest BCUT2D eigenvalue weighted by molar-refractivity contribution is 5.89. The molecule has 0 saturated heterocycles. The van der Waals surface area contributed by atoms with E-state index in [4.69, 9.17) is 4.74 Å². The molecule has 0 radical (unpaired) electrons. The van der Waals surface area contributed by atoms with Gasteiger partial charge in [0.2, 0.25) is 0 Å². The number of benzene rings is 2. The van der Waals surface area contributed by atoms with E-state index < -0.39 is 17.3 Å². The molecule has 1 aromatic heterocycles. The topological polar surface area (TPSA) is 75.2 Å². The normalized spacial score (nSPS) is 11.7. The van der Waals surface area contributed by atoms with E-state index in [2.05, 4.69) is 9.97 Å². The van der Waals surface area contributed by atoms with Gasteiger partial charge in [0.25, 0.3) is 5.56 Å². The molecule has 0 saturated carbocycles. The number of phenolic OH excluding ortho intramolecular Hbond substituents is 1. The summed E-state index contributed by atoms with van der Waals surface area (Å²) in [6, 6.07) is 5.60. The van der Waals surface area contributed by atoms with Crippen LogP contribution < -0.4 is 10.3 Å². The maximum Gasteiger partial charge on any atom is 0.416 e. The molecule has 0 aliphatic rings.